The van der Waals surface area contributed by atoms with E-state index in [9.17, 15) is 4.79 Å². The molecule has 1 aromatic carbocycles. The van der Waals surface area contributed by atoms with Crippen LogP contribution in [0.2, 0.25) is 0 Å². The number of hydrogen-bond donors (Lipinski definition) is 3. The van der Waals surface area contributed by atoms with Crippen molar-refractivity contribution in [1.29, 1.82) is 0 Å². The first-order valence-electron chi connectivity index (χ1n) is 8.79. The average Bonchev–Trinajstić information content (AvgIpc) is 3.15. The average molecular weight is 443 g/mol. The van der Waals surface area contributed by atoms with Gasteiger partial charge in [0.1, 0.15) is 0 Å². The SMILES string of the molecule is Cc1ccc2nc(SCC(=O)NCc3cc4n(n3)CCCNC4)[nH]c2c1.Cl.Cl. The van der Waals surface area contributed by atoms with Gasteiger partial charge in [0, 0.05) is 13.1 Å². The summed E-state index contributed by atoms with van der Waals surface area (Å²) in [6, 6.07) is 8.15. The highest BCUT2D eigenvalue weighted by Crippen LogP contribution is 2.20. The van der Waals surface area contributed by atoms with Crippen LogP contribution in [0.4, 0.5) is 0 Å². The fourth-order valence-corrected chi connectivity index (χ4v) is 3.76. The van der Waals surface area contributed by atoms with Gasteiger partial charge in [-0.15, -0.1) is 24.8 Å². The van der Waals surface area contributed by atoms with Crippen LogP contribution in [0.25, 0.3) is 11.0 Å². The molecule has 3 heterocycles. The summed E-state index contributed by atoms with van der Waals surface area (Å²) in [6.07, 6.45) is 1.08. The highest BCUT2D eigenvalue weighted by atomic mass is 35.5. The Hall–Kier alpha value is -1.74. The molecule has 0 fully saturated rings. The van der Waals surface area contributed by atoms with E-state index in [-0.39, 0.29) is 30.7 Å². The highest BCUT2D eigenvalue weighted by Gasteiger charge is 2.12. The van der Waals surface area contributed by atoms with Crippen molar-refractivity contribution in [3.8, 4) is 0 Å². The summed E-state index contributed by atoms with van der Waals surface area (Å²) in [6.45, 7) is 5.29. The Balaban J connectivity index is 0.00000140. The smallest absolute Gasteiger partial charge is 0.230 e. The second kappa shape index (κ2) is 10.2. The van der Waals surface area contributed by atoms with Crippen molar-refractivity contribution < 1.29 is 4.79 Å². The van der Waals surface area contributed by atoms with Gasteiger partial charge < -0.3 is 15.6 Å². The molecule has 0 unspecified atom stereocenters. The standard InChI is InChI=1S/C18H22N6OS.2ClH/c1-12-3-4-15-16(7-12)22-18(21-15)26-11-17(25)20-9-13-8-14-10-19-5-2-6-24(14)23-13;;/h3-4,7-8,19H,2,5-6,9-11H2,1H3,(H,20,25)(H,21,22);2*1H. The lowest BCUT2D eigenvalue weighted by Crippen LogP contribution is -2.25. The van der Waals surface area contributed by atoms with E-state index in [0.29, 0.717) is 12.3 Å². The molecule has 0 atom stereocenters. The van der Waals surface area contributed by atoms with Crippen molar-refractivity contribution in [3.05, 3.63) is 41.2 Å². The number of carbonyl (C=O) groups is 1. The van der Waals surface area contributed by atoms with Crippen molar-refractivity contribution in [2.24, 2.45) is 0 Å². The largest absolute Gasteiger partial charge is 0.350 e. The third-order valence-electron chi connectivity index (χ3n) is 4.37. The molecule has 1 aliphatic heterocycles. The van der Waals surface area contributed by atoms with Crippen molar-refractivity contribution in [3.63, 3.8) is 0 Å². The Morgan fingerprint density at radius 1 is 1.32 bits per heavy atom. The number of rotatable bonds is 5. The molecule has 0 saturated heterocycles. The zero-order valence-electron chi connectivity index (χ0n) is 15.5. The first-order chi connectivity index (χ1) is 12.7. The van der Waals surface area contributed by atoms with Crippen LogP contribution in [0.15, 0.2) is 29.4 Å². The Morgan fingerprint density at radius 2 is 2.18 bits per heavy atom. The normalized spacial score (nSPS) is 13.2. The second-order valence-corrected chi connectivity index (χ2v) is 7.47. The number of carbonyl (C=O) groups excluding carboxylic acids is 1. The van der Waals surface area contributed by atoms with Crippen LogP contribution < -0.4 is 10.6 Å². The predicted molar refractivity (Wildman–Crippen MR) is 116 cm³/mol. The number of nitrogens with zero attached hydrogens (tertiary/aromatic N) is 3. The van der Waals surface area contributed by atoms with Gasteiger partial charge in [0.2, 0.25) is 5.91 Å². The number of aromatic nitrogens is 4. The van der Waals surface area contributed by atoms with Crippen LogP contribution in [0.3, 0.4) is 0 Å². The first-order valence-corrected chi connectivity index (χ1v) is 9.78. The molecule has 0 spiro atoms. The van der Waals surface area contributed by atoms with Crippen LogP contribution in [0.5, 0.6) is 0 Å². The molecule has 0 saturated carbocycles. The number of aryl methyl sites for hydroxylation is 2. The van der Waals surface area contributed by atoms with E-state index >= 15 is 0 Å². The second-order valence-electron chi connectivity index (χ2n) is 6.51. The molecule has 0 aliphatic carbocycles. The number of aromatic amines is 1. The van der Waals surface area contributed by atoms with Gasteiger partial charge in [-0.1, -0.05) is 17.8 Å². The topological polar surface area (TPSA) is 87.6 Å². The first kappa shape index (κ1) is 22.5. The summed E-state index contributed by atoms with van der Waals surface area (Å²) in [4.78, 5) is 19.9. The number of imidazole rings is 1. The molecular weight excluding hydrogens is 419 g/mol. The minimum atomic E-state index is -0.0204. The summed E-state index contributed by atoms with van der Waals surface area (Å²) in [5.74, 6) is 0.307. The van der Waals surface area contributed by atoms with Crippen molar-refractivity contribution in [2.45, 2.75) is 38.1 Å². The van der Waals surface area contributed by atoms with Crippen molar-refractivity contribution in [1.82, 2.24) is 30.4 Å². The van der Waals surface area contributed by atoms with Crippen LogP contribution in [-0.4, -0.2) is 38.0 Å². The van der Waals surface area contributed by atoms with Crippen LogP contribution in [-0.2, 0) is 24.4 Å². The zero-order valence-corrected chi connectivity index (χ0v) is 18.0. The van der Waals surface area contributed by atoms with E-state index in [4.69, 9.17) is 0 Å². The molecule has 152 valence electrons. The highest BCUT2D eigenvalue weighted by molar-refractivity contribution is 7.99. The van der Waals surface area contributed by atoms with E-state index in [1.807, 2.05) is 23.7 Å². The van der Waals surface area contributed by atoms with E-state index in [0.717, 1.165) is 47.9 Å². The molecule has 4 rings (SSSR count). The number of benzene rings is 1. The molecule has 3 aromatic rings. The Kier molecular flexibility index (Phi) is 8.18. The van der Waals surface area contributed by atoms with Gasteiger partial charge >= 0.3 is 0 Å². The van der Waals surface area contributed by atoms with E-state index < -0.39 is 0 Å². The number of halogens is 2. The number of amides is 1. The quantitative estimate of drug-likeness (QED) is 0.528. The number of nitrogens with one attached hydrogen (secondary N) is 3. The van der Waals surface area contributed by atoms with Gasteiger partial charge in [-0.3, -0.25) is 9.48 Å². The minimum Gasteiger partial charge on any atom is -0.350 e. The molecule has 1 aliphatic rings. The third kappa shape index (κ3) is 5.41. The predicted octanol–water partition coefficient (Wildman–Crippen LogP) is 2.81. The van der Waals surface area contributed by atoms with Gasteiger partial charge in [-0.25, -0.2) is 4.98 Å². The Labute approximate surface area is 180 Å². The molecular formula is C18H24Cl2N6OS. The maximum absolute atomic E-state index is 12.1. The zero-order chi connectivity index (χ0) is 17.9. The summed E-state index contributed by atoms with van der Waals surface area (Å²) >= 11 is 1.41. The van der Waals surface area contributed by atoms with Gasteiger partial charge in [-0.2, -0.15) is 5.10 Å². The number of thioether (sulfide) groups is 1. The summed E-state index contributed by atoms with van der Waals surface area (Å²) in [5.41, 5.74) is 5.19. The van der Waals surface area contributed by atoms with Gasteiger partial charge in [0.25, 0.3) is 0 Å². The van der Waals surface area contributed by atoms with Crippen LogP contribution in [0.1, 0.15) is 23.4 Å². The molecule has 2 aromatic heterocycles. The summed E-state index contributed by atoms with van der Waals surface area (Å²) in [5, 5.41) is 11.7. The molecule has 10 heteroatoms. The summed E-state index contributed by atoms with van der Waals surface area (Å²) in [7, 11) is 0. The molecule has 0 bridgehead atoms. The molecule has 7 nitrogen and oxygen atoms in total. The van der Waals surface area contributed by atoms with E-state index in [1.165, 1.54) is 23.0 Å². The molecule has 28 heavy (non-hydrogen) atoms. The minimum absolute atomic E-state index is 0. The lowest BCUT2D eigenvalue weighted by molar-refractivity contribution is -0.118. The van der Waals surface area contributed by atoms with E-state index in [2.05, 4.69) is 37.8 Å². The molecule has 0 radical (unpaired) electrons. The maximum Gasteiger partial charge on any atom is 0.230 e. The lowest BCUT2D eigenvalue weighted by atomic mass is 10.2. The van der Waals surface area contributed by atoms with Crippen molar-refractivity contribution >= 4 is 53.5 Å². The fourth-order valence-electron chi connectivity index (χ4n) is 3.05. The number of hydrogen-bond acceptors (Lipinski definition) is 5. The molecule has 1 amide bonds. The van der Waals surface area contributed by atoms with Crippen LogP contribution in [0, 0.1) is 6.92 Å². The van der Waals surface area contributed by atoms with Crippen molar-refractivity contribution in [2.75, 3.05) is 12.3 Å². The van der Waals surface area contributed by atoms with E-state index in [1.54, 1.807) is 0 Å². The molecule has 3 N–H and O–H groups in total. The van der Waals surface area contributed by atoms with Gasteiger partial charge in [0.05, 0.1) is 34.7 Å². The Bertz CT molecular complexity index is 918. The third-order valence-corrected chi connectivity index (χ3v) is 5.24. The lowest BCUT2D eigenvalue weighted by Gasteiger charge is -2.02. The number of fused-ring (bicyclic) bond motifs is 2. The van der Waals surface area contributed by atoms with Gasteiger partial charge in [-0.05, 0) is 43.7 Å². The monoisotopic (exact) mass is 442 g/mol. The summed E-state index contributed by atoms with van der Waals surface area (Å²) < 4.78 is 2.03. The number of H-pyrrole nitrogens is 1. The van der Waals surface area contributed by atoms with Crippen LogP contribution >= 0.6 is 36.6 Å². The Morgan fingerprint density at radius 3 is 3.04 bits per heavy atom. The maximum atomic E-state index is 12.1. The fraction of sp³-hybridized carbons (Fsp3) is 0.389. The van der Waals surface area contributed by atoms with Gasteiger partial charge in [0.15, 0.2) is 5.16 Å².